The molecule has 0 bridgehead atoms. The van der Waals surface area contributed by atoms with Crippen LogP contribution in [0.15, 0.2) is 46.9 Å². The van der Waals surface area contributed by atoms with E-state index in [4.69, 9.17) is 4.74 Å². The molecule has 3 heteroatoms. The third kappa shape index (κ3) is 2.47. The SMILES string of the molecule is COc1ccc(N2CCc3c(Br)cccc3C2)cc1. The molecule has 1 aliphatic rings. The summed E-state index contributed by atoms with van der Waals surface area (Å²) in [6.45, 7) is 2.03. The lowest BCUT2D eigenvalue weighted by molar-refractivity contribution is 0.415. The van der Waals surface area contributed by atoms with Crippen LogP contribution in [0.25, 0.3) is 0 Å². The molecular weight excluding hydrogens is 302 g/mol. The largest absolute Gasteiger partial charge is 0.497 e. The van der Waals surface area contributed by atoms with Crippen LogP contribution in [0.4, 0.5) is 5.69 Å². The molecule has 0 N–H and O–H groups in total. The highest BCUT2D eigenvalue weighted by atomic mass is 79.9. The molecule has 0 saturated carbocycles. The Bertz CT molecular complexity index is 580. The average Bonchev–Trinajstić information content (AvgIpc) is 2.47. The fourth-order valence-electron chi connectivity index (χ4n) is 2.58. The van der Waals surface area contributed by atoms with Crippen LogP contribution in [0.5, 0.6) is 5.75 Å². The Hall–Kier alpha value is -1.48. The molecular formula is C16H16BrNO. The van der Waals surface area contributed by atoms with E-state index < -0.39 is 0 Å². The summed E-state index contributed by atoms with van der Waals surface area (Å²) in [5.74, 6) is 0.906. The van der Waals surface area contributed by atoms with E-state index in [9.17, 15) is 0 Å². The number of nitrogens with zero attached hydrogens (tertiary/aromatic N) is 1. The molecule has 2 aromatic rings. The van der Waals surface area contributed by atoms with Crippen LogP contribution in [0, 0.1) is 0 Å². The molecule has 3 rings (SSSR count). The Labute approximate surface area is 122 Å². The summed E-state index contributed by atoms with van der Waals surface area (Å²) in [4.78, 5) is 2.41. The van der Waals surface area contributed by atoms with Gasteiger partial charge in [-0.3, -0.25) is 0 Å². The standard InChI is InChI=1S/C16H16BrNO/c1-19-14-7-5-13(6-8-14)18-10-9-15-12(11-18)3-2-4-16(15)17/h2-8H,9-11H2,1H3. The normalized spacial score (nSPS) is 14.1. The molecule has 2 aromatic carbocycles. The Morgan fingerprint density at radius 1 is 1.11 bits per heavy atom. The van der Waals surface area contributed by atoms with Crippen molar-refractivity contribution in [3.8, 4) is 5.75 Å². The van der Waals surface area contributed by atoms with Gasteiger partial charge in [-0.1, -0.05) is 28.1 Å². The summed E-state index contributed by atoms with van der Waals surface area (Å²) >= 11 is 3.64. The molecule has 0 atom stereocenters. The van der Waals surface area contributed by atoms with Gasteiger partial charge in [-0.2, -0.15) is 0 Å². The van der Waals surface area contributed by atoms with E-state index in [1.807, 2.05) is 12.1 Å². The summed E-state index contributed by atoms with van der Waals surface area (Å²) in [7, 11) is 1.70. The summed E-state index contributed by atoms with van der Waals surface area (Å²) < 4.78 is 6.44. The molecule has 0 aromatic heterocycles. The van der Waals surface area contributed by atoms with Crippen molar-refractivity contribution < 1.29 is 4.74 Å². The van der Waals surface area contributed by atoms with Gasteiger partial charge in [0, 0.05) is 23.2 Å². The summed E-state index contributed by atoms with van der Waals surface area (Å²) in [5.41, 5.74) is 4.12. The number of anilines is 1. The molecule has 1 heterocycles. The minimum absolute atomic E-state index is 0.906. The second kappa shape index (κ2) is 5.25. The van der Waals surface area contributed by atoms with Gasteiger partial charge in [0.25, 0.3) is 0 Å². The first-order chi connectivity index (χ1) is 9.28. The van der Waals surface area contributed by atoms with Crippen LogP contribution in [0.2, 0.25) is 0 Å². The Morgan fingerprint density at radius 2 is 1.89 bits per heavy atom. The van der Waals surface area contributed by atoms with Gasteiger partial charge >= 0.3 is 0 Å². The van der Waals surface area contributed by atoms with Crippen LogP contribution in [0.1, 0.15) is 11.1 Å². The van der Waals surface area contributed by atoms with Crippen LogP contribution < -0.4 is 9.64 Å². The maximum absolute atomic E-state index is 5.20. The highest BCUT2D eigenvalue weighted by Crippen LogP contribution is 2.29. The van der Waals surface area contributed by atoms with Gasteiger partial charge in [0.15, 0.2) is 0 Å². The molecule has 98 valence electrons. The van der Waals surface area contributed by atoms with Gasteiger partial charge in [-0.05, 0) is 47.9 Å². The predicted molar refractivity (Wildman–Crippen MR) is 81.9 cm³/mol. The first kappa shape index (κ1) is 12.5. The van der Waals surface area contributed by atoms with Gasteiger partial charge in [0.1, 0.15) is 5.75 Å². The molecule has 1 aliphatic heterocycles. The van der Waals surface area contributed by atoms with E-state index in [1.165, 1.54) is 21.3 Å². The van der Waals surface area contributed by atoms with E-state index in [2.05, 4.69) is 51.2 Å². The van der Waals surface area contributed by atoms with E-state index in [0.29, 0.717) is 0 Å². The average molecular weight is 318 g/mol. The number of methoxy groups -OCH3 is 1. The smallest absolute Gasteiger partial charge is 0.119 e. The molecule has 0 unspecified atom stereocenters. The zero-order valence-corrected chi connectivity index (χ0v) is 12.5. The third-order valence-corrected chi connectivity index (χ3v) is 4.39. The minimum atomic E-state index is 0.906. The maximum Gasteiger partial charge on any atom is 0.119 e. The molecule has 0 saturated heterocycles. The highest BCUT2D eigenvalue weighted by Gasteiger charge is 2.18. The fraction of sp³-hybridized carbons (Fsp3) is 0.250. The predicted octanol–water partition coefficient (Wildman–Crippen LogP) is 4.02. The van der Waals surface area contributed by atoms with E-state index in [1.54, 1.807) is 7.11 Å². The molecule has 2 nitrogen and oxygen atoms in total. The van der Waals surface area contributed by atoms with Gasteiger partial charge in [0.05, 0.1) is 7.11 Å². The molecule has 0 aliphatic carbocycles. The number of fused-ring (bicyclic) bond motifs is 1. The monoisotopic (exact) mass is 317 g/mol. The molecule has 19 heavy (non-hydrogen) atoms. The second-order valence-corrected chi connectivity index (χ2v) is 5.60. The first-order valence-corrected chi connectivity index (χ1v) is 7.22. The van der Waals surface area contributed by atoms with Gasteiger partial charge in [-0.25, -0.2) is 0 Å². The molecule has 0 fully saturated rings. The van der Waals surface area contributed by atoms with Crippen molar-refractivity contribution in [3.05, 3.63) is 58.1 Å². The quantitative estimate of drug-likeness (QED) is 0.829. The number of halogens is 1. The lowest BCUT2D eigenvalue weighted by Gasteiger charge is -2.31. The number of hydrogen-bond acceptors (Lipinski definition) is 2. The number of hydrogen-bond donors (Lipinski definition) is 0. The van der Waals surface area contributed by atoms with Crippen molar-refractivity contribution >= 4 is 21.6 Å². The lowest BCUT2D eigenvalue weighted by atomic mass is 9.99. The molecule has 0 spiro atoms. The Balaban J connectivity index is 1.85. The topological polar surface area (TPSA) is 12.5 Å². The number of benzene rings is 2. The zero-order chi connectivity index (χ0) is 13.2. The van der Waals surface area contributed by atoms with Gasteiger partial charge in [-0.15, -0.1) is 0 Å². The van der Waals surface area contributed by atoms with Crippen molar-refractivity contribution in [3.63, 3.8) is 0 Å². The van der Waals surface area contributed by atoms with E-state index >= 15 is 0 Å². The molecule has 0 amide bonds. The van der Waals surface area contributed by atoms with Crippen molar-refractivity contribution in [1.82, 2.24) is 0 Å². The van der Waals surface area contributed by atoms with Crippen LogP contribution in [0.3, 0.4) is 0 Å². The fourth-order valence-corrected chi connectivity index (χ4v) is 3.18. The van der Waals surface area contributed by atoms with Crippen LogP contribution in [-0.2, 0) is 13.0 Å². The number of rotatable bonds is 2. The van der Waals surface area contributed by atoms with Gasteiger partial charge in [0.2, 0.25) is 0 Å². The second-order valence-electron chi connectivity index (χ2n) is 4.75. The van der Waals surface area contributed by atoms with E-state index in [-0.39, 0.29) is 0 Å². The molecule has 0 radical (unpaired) electrons. The van der Waals surface area contributed by atoms with Gasteiger partial charge < -0.3 is 9.64 Å². The van der Waals surface area contributed by atoms with E-state index in [0.717, 1.165) is 25.3 Å². The van der Waals surface area contributed by atoms with Crippen molar-refractivity contribution in [2.24, 2.45) is 0 Å². The van der Waals surface area contributed by atoms with Crippen molar-refractivity contribution in [2.45, 2.75) is 13.0 Å². The Morgan fingerprint density at radius 3 is 2.63 bits per heavy atom. The maximum atomic E-state index is 5.20. The minimum Gasteiger partial charge on any atom is -0.497 e. The van der Waals surface area contributed by atoms with Crippen LogP contribution >= 0.6 is 15.9 Å². The highest BCUT2D eigenvalue weighted by molar-refractivity contribution is 9.10. The summed E-state index contributed by atoms with van der Waals surface area (Å²) in [5, 5.41) is 0. The third-order valence-electron chi connectivity index (χ3n) is 3.65. The zero-order valence-electron chi connectivity index (χ0n) is 10.9. The summed E-state index contributed by atoms with van der Waals surface area (Å²) in [6, 6.07) is 14.7. The summed E-state index contributed by atoms with van der Waals surface area (Å²) in [6.07, 6.45) is 1.09. The van der Waals surface area contributed by atoms with Crippen LogP contribution in [-0.4, -0.2) is 13.7 Å². The van der Waals surface area contributed by atoms with Crippen molar-refractivity contribution in [2.75, 3.05) is 18.6 Å². The number of ether oxygens (including phenoxy) is 1. The lowest BCUT2D eigenvalue weighted by Crippen LogP contribution is -2.30. The van der Waals surface area contributed by atoms with Crippen molar-refractivity contribution in [1.29, 1.82) is 0 Å². The first-order valence-electron chi connectivity index (χ1n) is 6.43. The Kier molecular flexibility index (Phi) is 3.47.